The molecule has 0 fully saturated rings. The van der Waals surface area contributed by atoms with Crippen molar-refractivity contribution in [3.8, 4) is 0 Å². The molecule has 27 heavy (non-hydrogen) atoms. The van der Waals surface area contributed by atoms with Crippen LogP contribution in [-0.2, 0) is 11.2 Å². The zero-order valence-electron chi connectivity index (χ0n) is 15.0. The first kappa shape index (κ1) is 16.9. The molecular formula is C19H19N5O3. The summed E-state index contributed by atoms with van der Waals surface area (Å²) in [4.78, 5) is 24.3. The third kappa shape index (κ3) is 2.95. The number of amides is 2. The molecule has 3 aromatic rings. The van der Waals surface area contributed by atoms with E-state index in [0.717, 1.165) is 28.9 Å². The number of hydrazine groups is 1. The van der Waals surface area contributed by atoms with Crippen LogP contribution in [-0.4, -0.2) is 35.6 Å². The molecule has 4 rings (SSSR count). The molecule has 0 bridgehead atoms. The maximum Gasteiger partial charge on any atom is 0.434 e. The zero-order chi connectivity index (χ0) is 19.0. The first-order valence-electron chi connectivity index (χ1n) is 8.57. The minimum absolute atomic E-state index is 0.357. The Balaban J connectivity index is 1.55. The Morgan fingerprint density at radius 3 is 2.81 bits per heavy atom. The number of aromatic nitrogens is 2. The lowest BCUT2D eigenvalue weighted by molar-refractivity contribution is 0.170. The molecule has 8 nitrogen and oxygen atoms in total. The van der Waals surface area contributed by atoms with Crippen LogP contribution >= 0.6 is 0 Å². The molecule has 1 aromatic heterocycles. The van der Waals surface area contributed by atoms with Gasteiger partial charge in [0.05, 0.1) is 30.2 Å². The lowest BCUT2D eigenvalue weighted by Crippen LogP contribution is -2.43. The van der Waals surface area contributed by atoms with E-state index in [1.165, 1.54) is 18.9 Å². The highest BCUT2D eigenvalue weighted by atomic mass is 16.5. The Bertz CT molecular complexity index is 1040. The molecule has 0 aliphatic carbocycles. The summed E-state index contributed by atoms with van der Waals surface area (Å²) in [6.45, 7) is 2.75. The van der Waals surface area contributed by atoms with Crippen molar-refractivity contribution in [3.63, 3.8) is 0 Å². The van der Waals surface area contributed by atoms with Gasteiger partial charge in [-0.05, 0) is 36.6 Å². The van der Waals surface area contributed by atoms with Gasteiger partial charge in [-0.2, -0.15) is 9.78 Å². The van der Waals surface area contributed by atoms with E-state index in [9.17, 15) is 9.59 Å². The number of nitrogens with one attached hydrogen (secondary N) is 2. The molecule has 138 valence electrons. The number of ether oxygens (including phenoxy) is 1. The number of rotatable bonds is 2. The van der Waals surface area contributed by atoms with Gasteiger partial charge < -0.3 is 10.1 Å². The van der Waals surface area contributed by atoms with Crippen LogP contribution in [0.5, 0.6) is 0 Å². The van der Waals surface area contributed by atoms with Crippen molar-refractivity contribution in [1.29, 1.82) is 0 Å². The average molecular weight is 365 g/mol. The molecule has 0 unspecified atom stereocenters. The maximum atomic E-state index is 12.5. The van der Waals surface area contributed by atoms with Crippen molar-refractivity contribution in [2.24, 2.45) is 0 Å². The molecule has 0 saturated carbocycles. The van der Waals surface area contributed by atoms with Crippen molar-refractivity contribution in [2.45, 2.75) is 13.3 Å². The quantitative estimate of drug-likeness (QED) is 0.729. The third-order valence-electron chi connectivity index (χ3n) is 4.64. The maximum absolute atomic E-state index is 12.5. The van der Waals surface area contributed by atoms with E-state index in [-0.39, 0.29) is 6.03 Å². The van der Waals surface area contributed by atoms with E-state index in [1.807, 2.05) is 24.1 Å². The lowest BCUT2D eigenvalue weighted by atomic mass is 10.1. The lowest BCUT2D eigenvalue weighted by Gasteiger charge is -2.22. The van der Waals surface area contributed by atoms with Crippen molar-refractivity contribution in [3.05, 3.63) is 53.7 Å². The predicted molar refractivity (Wildman–Crippen MR) is 102 cm³/mol. The van der Waals surface area contributed by atoms with Crippen LogP contribution in [0.3, 0.4) is 0 Å². The summed E-state index contributed by atoms with van der Waals surface area (Å²) in [7, 11) is 1.29. The summed E-state index contributed by atoms with van der Waals surface area (Å²) in [6.07, 6.45) is 1.83. The van der Waals surface area contributed by atoms with E-state index in [0.29, 0.717) is 16.6 Å². The highest BCUT2D eigenvalue weighted by Gasteiger charge is 2.22. The minimum Gasteiger partial charge on any atom is -0.451 e. The molecule has 0 saturated heterocycles. The van der Waals surface area contributed by atoms with Crippen LogP contribution in [0.15, 0.2) is 42.6 Å². The first-order valence-corrected chi connectivity index (χ1v) is 8.57. The van der Waals surface area contributed by atoms with E-state index in [1.54, 1.807) is 18.2 Å². The number of aryl methyl sites for hydroxylation is 1. The Kier molecular flexibility index (Phi) is 4.15. The second kappa shape index (κ2) is 6.64. The number of hydrogen-bond donors (Lipinski definition) is 2. The largest absolute Gasteiger partial charge is 0.451 e. The number of benzene rings is 2. The second-order valence-electron chi connectivity index (χ2n) is 6.31. The van der Waals surface area contributed by atoms with E-state index >= 15 is 0 Å². The first-order chi connectivity index (χ1) is 13.1. The average Bonchev–Trinajstić information content (AvgIpc) is 3.27. The predicted octanol–water partition coefficient (Wildman–Crippen LogP) is 3.06. The van der Waals surface area contributed by atoms with Crippen LogP contribution in [0, 0.1) is 6.92 Å². The van der Waals surface area contributed by atoms with Crippen molar-refractivity contribution >= 4 is 34.4 Å². The molecule has 2 aromatic carbocycles. The van der Waals surface area contributed by atoms with Gasteiger partial charge in [0, 0.05) is 11.9 Å². The highest BCUT2D eigenvalue weighted by molar-refractivity contribution is 6.02. The SMILES string of the molecule is COC(=O)n1ncc2c(NC(=O)NN3CCc4cccc(C)c43)cccc21. The standard InChI is InChI=1S/C19H19N5O3/c1-12-5-3-6-13-9-10-23(17(12)13)22-18(25)21-15-7-4-8-16-14(15)11-20-24(16)19(26)27-2/h3-8,11H,9-10H2,1-2H3,(H2,21,22,25). The number of carbonyl (C=O) groups excluding carboxylic acids is 2. The summed E-state index contributed by atoms with van der Waals surface area (Å²) in [5, 5.41) is 9.38. The van der Waals surface area contributed by atoms with Gasteiger partial charge in [-0.1, -0.05) is 24.3 Å². The summed E-state index contributed by atoms with van der Waals surface area (Å²) >= 11 is 0. The number of fused-ring (bicyclic) bond motifs is 2. The number of para-hydroxylation sites is 1. The number of hydrogen-bond acceptors (Lipinski definition) is 5. The smallest absolute Gasteiger partial charge is 0.434 e. The molecule has 2 heterocycles. The topological polar surface area (TPSA) is 88.5 Å². The van der Waals surface area contributed by atoms with Crippen LogP contribution in [0.4, 0.5) is 21.0 Å². The summed E-state index contributed by atoms with van der Waals surface area (Å²) < 4.78 is 5.86. The number of nitrogens with zero attached hydrogens (tertiary/aromatic N) is 3. The van der Waals surface area contributed by atoms with Crippen LogP contribution in [0.25, 0.3) is 10.9 Å². The van der Waals surface area contributed by atoms with Gasteiger partial charge in [-0.15, -0.1) is 0 Å². The highest BCUT2D eigenvalue weighted by Crippen LogP contribution is 2.30. The normalized spacial score (nSPS) is 12.7. The Morgan fingerprint density at radius 1 is 1.19 bits per heavy atom. The van der Waals surface area contributed by atoms with Gasteiger partial charge >= 0.3 is 12.1 Å². The number of carbonyl (C=O) groups is 2. The summed E-state index contributed by atoms with van der Waals surface area (Å²) in [5.74, 6) is 0. The Hall–Kier alpha value is -3.55. The molecule has 2 amide bonds. The number of urea groups is 1. The fourth-order valence-electron chi connectivity index (χ4n) is 3.43. The molecule has 2 N–H and O–H groups in total. The molecule has 8 heteroatoms. The van der Waals surface area contributed by atoms with Gasteiger partial charge in [-0.25, -0.2) is 15.0 Å². The van der Waals surface area contributed by atoms with Gasteiger partial charge in [0.15, 0.2) is 0 Å². The molecule has 1 aliphatic heterocycles. The van der Waals surface area contributed by atoms with Crippen molar-refractivity contribution < 1.29 is 14.3 Å². The summed E-state index contributed by atoms with van der Waals surface area (Å²) in [6, 6.07) is 11.0. The Labute approximate surface area is 155 Å². The Morgan fingerprint density at radius 2 is 2.00 bits per heavy atom. The zero-order valence-corrected chi connectivity index (χ0v) is 15.0. The van der Waals surface area contributed by atoms with Crippen LogP contribution < -0.4 is 15.8 Å². The van der Waals surface area contributed by atoms with Gasteiger partial charge in [0.1, 0.15) is 0 Å². The third-order valence-corrected chi connectivity index (χ3v) is 4.64. The molecular weight excluding hydrogens is 346 g/mol. The minimum atomic E-state index is -0.587. The fraction of sp³-hybridized carbons (Fsp3) is 0.211. The number of anilines is 2. The van der Waals surface area contributed by atoms with Gasteiger partial charge in [0.2, 0.25) is 0 Å². The van der Waals surface area contributed by atoms with Crippen LogP contribution in [0.2, 0.25) is 0 Å². The number of methoxy groups -OCH3 is 1. The monoisotopic (exact) mass is 365 g/mol. The van der Waals surface area contributed by atoms with E-state index < -0.39 is 6.09 Å². The van der Waals surface area contributed by atoms with Crippen molar-refractivity contribution in [1.82, 2.24) is 15.2 Å². The van der Waals surface area contributed by atoms with Gasteiger partial charge in [0.25, 0.3) is 0 Å². The van der Waals surface area contributed by atoms with E-state index in [4.69, 9.17) is 4.74 Å². The van der Waals surface area contributed by atoms with Crippen LogP contribution in [0.1, 0.15) is 11.1 Å². The fourth-order valence-corrected chi connectivity index (χ4v) is 3.43. The molecule has 1 aliphatic rings. The van der Waals surface area contributed by atoms with Crippen molar-refractivity contribution in [2.75, 3.05) is 24.0 Å². The molecule has 0 spiro atoms. The summed E-state index contributed by atoms with van der Waals surface area (Å²) in [5.41, 5.74) is 7.39. The molecule has 0 radical (unpaired) electrons. The molecule has 0 atom stereocenters. The van der Waals surface area contributed by atoms with Gasteiger partial charge in [-0.3, -0.25) is 5.01 Å². The second-order valence-corrected chi connectivity index (χ2v) is 6.31. The van der Waals surface area contributed by atoms with E-state index in [2.05, 4.69) is 21.9 Å².